The molecule has 0 aliphatic carbocycles. The van der Waals surface area contributed by atoms with E-state index in [1.165, 1.54) is 66.7 Å². The molecule has 156 valence electrons. The predicted octanol–water partition coefficient (Wildman–Crippen LogP) is 4.24. The van der Waals surface area contributed by atoms with Gasteiger partial charge in [0, 0.05) is 16.8 Å². The summed E-state index contributed by atoms with van der Waals surface area (Å²) in [7, 11) is 0. The Bertz CT molecular complexity index is 1210. The molecule has 0 aliphatic rings. The monoisotopic (exact) mass is 438 g/mol. The lowest BCUT2D eigenvalue weighted by atomic mass is 10.1. The van der Waals surface area contributed by atoms with Crippen LogP contribution in [0.4, 0.5) is 11.4 Å². The highest BCUT2D eigenvalue weighted by Gasteiger charge is 2.13. The number of rotatable bonds is 6. The van der Waals surface area contributed by atoms with Crippen LogP contribution in [0.15, 0.2) is 66.7 Å². The Balaban J connectivity index is 1.73. The van der Waals surface area contributed by atoms with E-state index in [1.807, 2.05) is 0 Å². The van der Waals surface area contributed by atoms with Gasteiger partial charge in [-0.05, 0) is 54.6 Å². The molecule has 2 amide bonds. The summed E-state index contributed by atoms with van der Waals surface area (Å²) in [4.78, 5) is 46.9. The number of carbonyl (C=O) groups excluding carboxylic acids is 2. The maximum absolute atomic E-state index is 12.4. The molecule has 3 aromatic rings. The fraction of sp³-hybridized carbons (Fsp3) is 0. The minimum atomic E-state index is -1.15. The van der Waals surface area contributed by atoms with E-state index in [2.05, 4.69) is 10.6 Å². The number of hydrogen-bond acceptors (Lipinski definition) is 4. The second kappa shape index (κ2) is 9.10. The maximum Gasteiger partial charge on any atom is 0.335 e. The molecule has 9 heteroatoms. The molecule has 0 saturated carbocycles. The van der Waals surface area contributed by atoms with E-state index >= 15 is 0 Å². The number of amides is 2. The predicted molar refractivity (Wildman–Crippen MR) is 114 cm³/mol. The van der Waals surface area contributed by atoms with Crippen LogP contribution >= 0.6 is 11.6 Å². The lowest BCUT2D eigenvalue weighted by Gasteiger charge is -2.11. The average Bonchev–Trinajstić information content (AvgIpc) is 2.75. The van der Waals surface area contributed by atoms with Crippen molar-refractivity contribution in [3.05, 3.63) is 94.0 Å². The highest BCUT2D eigenvalue weighted by Crippen LogP contribution is 2.26. The summed E-state index contributed by atoms with van der Waals surface area (Å²) >= 11 is 6.20. The molecule has 31 heavy (non-hydrogen) atoms. The normalized spacial score (nSPS) is 10.2. The third-order valence-corrected chi connectivity index (χ3v) is 4.53. The van der Waals surface area contributed by atoms with Gasteiger partial charge in [0.2, 0.25) is 0 Å². The van der Waals surface area contributed by atoms with Crippen molar-refractivity contribution in [2.45, 2.75) is 0 Å². The van der Waals surface area contributed by atoms with Gasteiger partial charge in [-0.2, -0.15) is 0 Å². The zero-order valence-corrected chi connectivity index (χ0v) is 16.5. The van der Waals surface area contributed by atoms with E-state index < -0.39 is 23.8 Å². The number of nitrogens with one attached hydrogen (secondary N) is 2. The number of carbonyl (C=O) groups is 4. The fourth-order valence-electron chi connectivity index (χ4n) is 2.68. The second-order valence-electron chi connectivity index (χ2n) is 6.37. The first kappa shape index (κ1) is 21.5. The van der Waals surface area contributed by atoms with Crippen molar-refractivity contribution in [3.8, 4) is 0 Å². The summed E-state index contributed by atoms with van der Waals surface area (Å²) in [6.45, 7) is 0. The van der Waals surface area contributed by atoms with Gasteiger partial charge in [0.05, 0.1) is 21.8 Å². The molecule has 0 aliphatic heterocycles. The van der Waals surface area contributed by atoms with E-state index in [-0.39, 0.29) is 33.0 Å². The number of carboxylic acid groups (broad SMARTS) is 2. The Morgan fingerprint density at radius 2 is 1.13 bits per heavy atom. The zero-order chi connectivity index (χ0) is 22.5. The number of anilines is 2. The van der Waals surface area contributed by atoms with Gasteiger partial charge in [0.25, 0.3) is 11.8 Å². The smallest absolute Gasteiger partial charge is 0.335 e. The van der Waals surface area contributed by atoms with Crippen molar-refractivity contribution < 1.29 is 29.4 Å². The standard InChI is InChI=1S/C22H15ClN2O6/c23-17-11-16(24-19(26)12-3-1-5-14(9-12)21(28)29)7-8-18(17)25-20(27)13-4-2-6-15(10-13)22(30)31/h1-11H,(H,24,26)(H,25,27)(H,28,29)(H,30,31). The minimum absolute atomic E-state index is 0.0179. The molecule has 0 bridgehead atoms. The van der Waals surface area contributed by atoms with Gasteiger partial charge in [-0.25, -0.2) is 9.59 Å². The highest BCUT2D eigenvalue weighted by molar-refractivity contribution is 6.34. The van der Waals surface area contributed by atoms with Crippen molar-refractivity contribution in [3.63, 3.8) is 0 Å². The van der Waals surface area contributed by atoms with Gasteiger partial charge >= 0.3 is 11.9 Å². The minimum Gasteiger partial charge on any atom is -0.478 e. The quantitative estimate of drug-likeness (QED) is 0.455. The summed E-state index contributed by atoms with van der Waals surface area (Å²) in [6.07, 6.45) is 0. The third kappa shape index (κ3) is 5.26. The summed E-state index contributed by atoms with van der Waals surface area (Å²) < 4.78 is 0. The topological polar surface area (TPSA) is 133 Å². The molecule has 0 radical (unpaired) electrons. The van der Waals surface area contributed by atoms with E-state index in [4.69, 9.17) is 21.8 Å². The van der Waals surface area contributed by atoms with Crippen molar-refractivity contribution in [2.75, 3.05) is 10.6 Å². The van der Waals surface area contributed by atoms with Crippen molar-refractivity contribution >= 4 is 46.7 Å². The molecule has 0 spiro atoms. The molecule has 4 N–H and O–H groups in total. The zero-order valence-electron chi connectivity index (χ0n) is 15.8. The first-order valence-corrected chi connectivity index (χ1v) is 9.21. The molecular weight excluding hydrogens is 424 g/mol. The Kier molecular flexibility index (Phi) is 6.32. The number of halogens is 1. The fourth-order valence-corrected chi connectivity index (χ4v) is 2.91. The second-order valence-corrected chi connectivity index (χ2v) is 6.78. The Labute approximate surface area is 181 Å². The van der Waals surface area contributed by atoms with Crippen LogP contribution in [0.25, 0.3) is 0 Å². The van der Waals surface area contributed by atoms with Crippen molar-refractivity contribution in [1.82, 2.24) is 0 Å². The van der Waals surface area contributed by atoms with Crippen LogP contribution in [0, 0.1) is 0 Å². The first-order valence-electron chi connectivity index (χ1n) is 8.83. The highest BCUT2D eigenvalue weighted by atomic mass is 35.5. The van der Waals surface area contributed by atoms with Crippen molar-refractivity contribution in [1.29, 1.82) is 0 Å². The number of benzene rings is 3. The van der Waals surface area contributed by atoms with Crippen LogP contribution in [-0.4, -0.2) is 34.0 Å². The number of hydrogen-bond donors (Lipinski definition) is 4. The largest absolute Gasteiger partial charge is 0.478 e. The molecule has 3 aromatic carbocycles. The van der Waals surface area contributed by atoms with Crippen LogP contribution in [0.5, 0.6) is 0 Å². The first-order chi connectivity index (χ1) is 14.7. The lowest BCUT2D eigenvalue weighted by Crippen LogP contribution is -2.14. The molecule has 0 saturated heterocycles. The van der Waals surface area contributed by atoms with E-state index in [1.54, 1.807) is 0 Å². The molecule has 8 nitrogen and oxygen atoms in total. The van der Waals surface area contributed by atoms with Crippen LogP contribution in [0.1, 0.15) is 41.4 Å². The van der Waals surface area contributed by atoms with E-state index in [0.717, 1.165) is 0 Å². The molecule has 0 atom stereocenters. The summed E-state index contributed by atoms with van der Waals surface area (Å²) in [5.74, 6) is -3.37. The Morgan fingerprint density at radius 3 is 1.61 bits per heavy atom. The van der Waals surface area contributed by atoms with E-state index in [9.17, 15) is 19.2 Å². The molecule has 3 rings (SSSR count). The Morgan fingerprint density at radius 1 is 0.645 bits per heavy atom. The van der Waals surface area contributed by atoms with Crippen LogP contribution in [-0.2, 0) is 0 Å². The molecular formula is C22H15ClN2O6. The van der Waals surface area contributed by atoms with Gasteiger partial charge in [0.15, 0.2) is 0 Å². The molecule has 0 fully saturated rings. The van der Waals surface area contributed by atoms with Gasteiger partial charge in [-0.1, -0.05) is 23.7 Å². The SMILES string of the molecule is O=C(O)c1cccc(C(=O)Nc2ccc(NC(=O)c3cccc(C(=O)O)c3)c(Cl)c2)c1. The lowest BCUT2D eigenvalue weighted by molar-refractivity contribution is 0.0686. The van der Waals surface area contributed by atoms with Crippen LogP contribution < -0.4 is 10.6 Å². The average molecular weight is 439 g/mol. The van der Waals surface area contributed by atoms with Gasteiger partial charge in [-0.3, -0.25) is 9.59 Å². The number of carboxylic acids is 2. The van der Waals surface area contributed by atoms with Crippen molar-refractivity contribution in [2.24, 2.45) is 0 Å². The third-order valence-electron chi connectivity index (χ3n) is 4.22. The Hall–Kier alpha value is -4.17. The summed E-state index contributed by atoms with van der Waals surface area (Å²) in [6, 6.07) is 15.5. The van der Waals surface area contributed by atoms with Crippen LogP contribution in [0.2, 0.25) is 5.02 Å². The summed E-state index contributed by atoms with van der Waals surface area (Å²) in [5.41, 5.74) is 0.859. The maximum atomic E-state index is 12.4. The van der Waals surface area contributed by atoms with Gasteiger partial charge in [0.1, 0.15) is 0 Å². The van der Waals surface area contributed by atoms with Crippen LogP contribution in [0.3, 0.4) is 0 Å². The van der Waals surface area contributed by atoms with Gasteiger partial charge in [-0.15, -0.1) is 0 Å². The van der Waals surface area contributed by atoms with Gasteiger partial charge < -0.3 is 20.8 Å². The molecule has 0 unspecified atom stereocenters. The summed E-state index contributed by atoms with van der Waals surface area (Å²) in [5, 5.41) is 23.4. The number of aromatic carboxylic acids is 2. The van der Waals surface area contributed by atoms with E-state index in [0.29, 0.717) is 5.69 Å². The molecule has 0 aromatic heterocycles. The molecule has 0 heterocycles.